The van der Waals surface area contributed by atoms with Gasteiger partial charge in [0.15, 0.2) is 0 Å². The van der Waals surface area contributed by atoms with Gasteiger partial charge in [-0.05, 0) is 48.9 Å². The Morgan fingerprint density at radius 3 is 2.44 bits per heavy atom. The Hall–Kier alpha value is -3.29. The molecule has 178 valence electrons. The van der Waals surface area contributed by atoms with Gasteiger partial charge in [-0.2, -0.15) is 0 Å². The lowest BCUT2D eigenvalue weighted by atomic mass is 10.1. The maximum absolute atomic E-state index is 12.1. The summed E-state index contributed by atoms with van der Waals surface area (Å²) in [6.07, 6.45) is 2.04. The molecule has 3 aromatic rings. The molecule has 4 rings (SSSR count). The molecule has 0 spiro atoms. The summed E-state index contributed by atoms with van der Waals surface area (Å²) in [6, 6.07) is 19.2. The highest BCUT2D eigenvalue weighted by atomic mass is 35.5. The zero-order chi connectivity index (χ0) is 23.8. The third-order valence-corrected chi connectivity index (χ3v) is 6.08. The Kier molecular flexibility index (Phi) is 8.22. The number of nitrogens with zero attached hydrogens (tertiary/aromatic N) is 3. The molecule has 0 bridgehead atoms. The number of anilines is 1. The monoisotopic (exact) mass is 480 g/mol. The SMILES string of the molecule is COc1ccccc1N1CCN(CCCNC(=O)Oc2ccc(-c3ccc(Cl)cc3)cn2)CC1. The number of benzene rings is 2. The van der Waals surface area contributed by atoms with Crippen molar-refractivity contribution in [1.82, 2.24) is 15.2 Å². The smallest absolute Gasteiger partial charge is 0.413 e. The Morgan fingerprint density at radius 2 is 1.74 bits per heavy atom. The van der Waals surface area contributed by atoms with Crippen molar-refractivity contribution in [3.63, 3.8) is 0 Å². The largest absolute Gasteiger partial charge is 0.495 e. The molecule has 2 heterocycles. The van der Waals surface area contributed by atoms with Crippen LogP contribution in [0.15, 0.2) is 66.9 Å². The second-order valence-electron chi connectivity index (χ2n) is 8.06. The van der Waals surface area contributed by atoms with Crippen LogP contribution < -0.4 is 19.7 Å². The summed E-state index contributed by atoms with van der Waals surface area (Å²) in [5.41, 5.74) is 3.07. The molecule has 1 fully saturated rings. The van der Waals surface area contributed by atoms with Gasteiger partial charge in [0.05, 0.1) is 12.8 Å². The predicted octanol–water partition coefficient (Wildman–Crippen LogP) is 4.71. The molecule has 0 radical (unpaired) electrons. The van der Waals surface area contributed by atoms with Crippen molar-refractivity contribution in [2.24, 2.45) is 0 Å². The number of methoxy groups -OCH3 is 1. The number of nitrogens with one attached hydrogen (secondary N) is 1. The van der Waals surface area contributed by atoms with Gasteiger partial charge in [-0.1, -0.05) is 35.9 Å². The highest BCUT2D eigenvalue weighted by Crippen LogP contribution is 2.28. The molecule has 1 amide bonds. The van der Waals surface area contributed by atoms with Crippen molar-refractivity contribution in [2.75, 3.05) is 51.3 Å². The number of piperazine rings is 1. The van der Waals surface area contributed by atoms with Gasteiger partial charge in [0, 0.05) is 55.6 Å². The zero-order valence-electron chi connectivity index (χ0n) is 19.2. The second kappa shape index (κ2) is 11.7. The van der Waals surface area contributed by atoms with E-state index >= 15 is 0 Å². The number of amides is 1. The molecule has 0 atom stereocenters. The van der Waals surface area contributed by atoms with Crippen LogP contribution in [0.1, 0.15) is 6.42 Å². The molecule has 0 saturated carbocycles. The molecule has 1 saturated heterocycles. The summed E-state index contributed by atoms with van der Waals surface area (Å²) in [4.78, 5) is 21.1. The van der Waals surface area contributed by atoms with Crippen molar-refractivity contribution >= 4 is 23.4 Å². The molecule has 34 heavy (non-hydrogen) atoms. The van der Waals surface area contributed by atoms with Crippen LogP contribution in [0.4, 0.5) is 10.5 Å². The van der Waals surface area contributed by atoms with Gasteiger partial charge in [-0.25, -0.2) is 9.78 Å². The van der Waals surface area contributed by atoms with E-state index in [1.165, 1.54) is 0 Å². The van der Waals surface area contributed by atoms with E-state index in [1.807, 2.05) is 48.5 Å². The molecule has 8 heteroatoms. The van der Waals surface area contributed by atoms with Gasteiger partial charge < -0.3 is 19.7 Å². The van der Waals surface area contributed by atoms with Crippen LogP contribution in [0.3, 0.4) is 0 Å². The topological polar surface area (TPSA) is 66.9 Å². The van der Waals surface area contributed by atoms with E-state index in [2.05, 4.69) is 26.2 Å². The fraction of sp³-hybridized carbons (Fsp3) is 0.308. The average molecular weight is 481 g/mol. The second-order valence-corrected chi connectivity index (χ2v) is 8.50. The molecule has 1 aliphatic heterocycles. The number of halogens is 1. The van der Waals surface area contributed by atoms with Crippen LogP contribution in [-0.2, 0) is 0 Å². The van der Waals surface area contributed by atoms with E-state index < -0.39 is 6.09 Å². The minimum atomic E-state index is -0.493. The van der Waals surface area contributed by atoms with Crippen molar-refractivity contribution in [3.8, 4) is 22.8 Å². The number of carbonyl (C=O) groups excluding carboxylic acids is 1. The number of hydrogen-bond acceptors (Lipinski definition) is 6. The normalized spacial score (nSPS) is 14.0. The van der Waals surface area contributed by atoms with E-state index in [-0.39, 0.29) is 5.88 Å². The molecular formula is C26H29ClN4O3. The first-order chi connectivity index (χ1) is 16.6. The summed E-state index contributed by atoms with van der Waals surface area (Å²) >= 11 is 5.93. The van der Waals surface area contributed by atoms with Gasteiger partial charge in [0.1, 0.15) is 5.75 Å². The Bertz CT molecular complexity index is 1070. The van der Waals surface area contributed by atoms with Crippen LogP contribution in [0, 0.1) is 0 Å². The maximum Gasteiger partial charge on any atom is 0.413 e. The van der Waals surface area contributed by atoms with Crippen LogP contribution >= 0.6 is 11.6 Å². The van der Waals surface area contributed by atoms with E-state index in [0.29, 0.717) is 11.6 Å². The summed E-state index contributed by atoms with van der Waals surface area (Å²) in [6.45, 7) is 5.34. The minimum absolute atomic E-state index is 0.266. The van der Waals surface area contributed by atoms with E-state index in [9.17, 15) is 4.79 Å². The fourth-order valence-electron chi connectivity index (χ4n) is 3.98. The first kappa shape index (κ1) is 23.9. The summed E-state index contributed by atoms with van der Waals surface area (Å²) in [5.74, 6) is 1.18. The lowest BCUT2D eigenvalue weighted by Gasteiger charge is -2.36. The summed E-state index contributed by atoms with van der Waals surface area (Å²) in [7, 11) is 1.71. The first-order valence-corrected chi connectivity index (χ1v) is 11.8. The highest BCUT2D eigenvalue weighted by molar-refractivity contribution is 6.30. The molecule has 0 aliphatic carbocycles. The Balaban J connectivity index is 1.14. The van der Waals surface area contributed by atoms with E-state index in [0.717, 1.165) is 61.7 Å². The number of ether oxygens (including phenoxy) is 2. The van der Waals surface area contributed by atoms with Crippen molar-refractivity contribution in [2.45, 2.75) is 6.42 Å². The number of aromatic nitrogens is 1. The molecule has 1 aliphatic rings. The standard InChI is InChI=1S/C26H29ClN4O3/c1-33-24-6-3-2-5-23(24)31-17-15-30(16-18-31)14-4-13-28-26(32)34-25-12-9-21(19-29-25)20-7-10-22(27)11-8-20/h2-3,5-12,19H,4,13-18H2,1H3,(H,28,32). The molecule has 2 aromatic carbocycles. The number of carbonyl (C=O) groups is 1. The molecule has 1 aromatic heterocycles. The van der Waals surface area contributed by atoms with Gasteiger partial charge in [-0.3, -0.25) is 4.90 Å². The third kappa shape index (κ3) is 6.40. The zero-order valence-corrected chi connectivity index (χ0v) is 20.0. The number of pyridine rings is 1. The molecule has 7 nitrogen and oxygen atoms in total. The predicted molar refractivity (Wildman–Crippen MR) is 135 cm³/mol. The van der Waals surface area contributed by atoms with Crippen LogP contribution in [-0.4, -0.2) is 62.4 Å². The minimum Gasteiger partial charge on any atom is -0.495 e. The fourth-order valence-corrected chi connectivity index (χ4v) is 4.11. The lowest BCUT2D eigenvalue weighted by molar-refractivity contribution is 0.197. The number of para-hydroxylation sites is 2. The number of hydrogen-bond donors (Lipinski definition) is 1. The Labute approximate surface area is 205 Å². The highest BCUT2D eigenvalue weighted by Gasteiger charge is 2.19. The first-order valence-electron chi connectivity index (χ1n) is 11.4. The van der Waals surface area contributed by atoms with Crippen LogP contribution in [0.5, 0.6) is 11.6 Å². The third-order valence-electron chi connectivity index (χ3n) is 5.83. The van der Waals surface area contributed by atoms with Crippen LogP contribution in [0.25, 0.3) is 11.1 Å². The van der Waals surface area contributed by atoms with Crippen molar-refractivity contribution < 1.29 is 14.3 Å². The average Bonchev–Trinajstić information content (AvgIpc) is 2.88. The van der Waals surface area contributed by atoms with E-state index in [1.54, 1.807) is 19.4 Å². The summed E-state index contributed by atoms with van der Waals surface area (Å²) < 4.78 is 10.8. The van der Waals surface area contributed by atoms with Crippen LogP contribution in [0.2, 0.25) is 5.02 Å². The number of rotatable bonds is 8. The van der Waals surface area contributed by atoms with Gasteiger partial charge in [0.2, 0.25) is 5.88 Å². The summed E-state index contributed by atoms with van der Waals surface area (Å²) in [5, 5.41) is 3.49. The Morgan fingerprint density at radius 1 is 1.00 bits per heavy atom. The lowest BCUT2D eigenvalue weighted by Crippen LogP contribution is -2.47. The van der Waals surface area contributed by atoms with Gasteiger partial charge in [-0.15, -0.1) is 0 Å². The molecular weight excluding hydrogens is 452 g/mol. The molecule has 1 N–H and O–H groups in total. The van der Waals surface area contributed by atoms with Gasteiger partial charge in [0.25, 0.3) is 0 Å². The molecule has 0 unspecified atom stereocenters. The van der Waals surface area contributed by atoms with Gasteiger partial charge >= 0.3 is 6.09 Å². The maximum atomic E-state index is 12.1. The van der Waals surface area contributed by atoms with Crippen molar-refractivity contribution in [1.29, 1.82) is 0 Å². The van der Waals surface area contributed by atoms with Crippen molar-refractivity contribution in [3.05, 3.63) is 71.9 Å². The quantitative estimate of drug-likeness (QED) is 0.471. The van der Waals surface area contributed by atoms with E-state index in [4.69, 9.17) is 21.1 Å².